The fourth-order valence-electron chi connectivity index (χ4n) is 5.75. The molecule has 2 aromatic carbocycles. The van der Waals surface area contributed by atoms with Crippen molar-refractivity contribution >= 4 is 45.9 Å². The SMILES string of the molecule is CCc1cccc2c(C(=O)NCc3ccc(Cl)c(Cl)c3)cn(CCCN3CCN(CC(=O)N4CCOCC4)CC3)c12. The summed E-state index contributed by atoms with van der Waals surface area (Å²) in [5.74, 6) is 0.112. The number of carbonyl (C=O) groups is 2. The Labute approximate surface area is 252 Å². The number of fused-ring (bicyclic) bond motifs is 1. The van der Waals surface area contributed by atoms with Crippen LogP contribution in [0.3, 0.4) is 0 Å². The summed E-state index contributed by atoms with van der Waals surface area (Å²) in [6.45, 7) is 11.3. The van der Waals surface area contributed by atoms with E-state index in [1.165, 1.54) is 5.56 Å². The van der Waals surface area contributed by atoms with E-state index in [-0.39, 0.29) is 11.8 Å². The number of benzene rings is 2. The number of hydrogen-bond acceptors (Lipinski definition) is 5. The predicted octanol–water partition coefficient (Wildman–Crippen LogP) is 4.31. The Hall–Kier alpha value is -2.62. The van der Waals surface area contributed by atoms with Gasteiger partial charge in [-0.25, -0.2) is 0 Å². The van der Waals surface area contributed by atoms with Crippen LogP contribution in [0.4, 0.5) is 0 Å². The molecule has 220 valence electrons. The smallest absolute Gasteiger partial charge is 0.253 e. The van der Waals surface area contributed by atoms with Gasteiger partial charge < -0.3 is 24.4 Å². The second-order valence-electron chi connectivity index (χ2n) is 10.8. The Morgan fingerprint density at radius 2 is 1.68 bits per heavy atom. The van der Waals surface area contributed by atoms with Crippen molar-refractivity contribution in [1.82, 2.24) is 24.6 Å². The van der Waals surface area contributed by atoms with E-state index in [1.54, 1.807) is 12.1 Å². The zero-order valence-corrected chi connectivity index (χ0v) is 25.2. The molecule has 1 aromatic heterocycles. The first-order valence-electron chi connectivity index (χ1n) is 14.6. The van der Waals surface area contributed by atoms with Crippen molar-refractivity contribution in [3.05, 3.63) is 69.3 Å². The first kappa shape index (κ1) is 29.9. The van der Waals surface area contributed by atoms with Gasteiger partial charge in [-0.15, -0.1) is 0 Å². The minimum absolute atomic E-state index is 0.101. The molecule has 8 nitrogen and oxygen atoms in total. The van der Waals surface area contributed by atoms with Crippen molar-refractivity contribution in [1.29, 1.82) is 0 Å². The van der Waals surface area contributed by atoms with Crippen molar-refractivity contribution < 1.29 is 14.3 Å². The van der Waals surface area contributed by atoms with Gasteiger partial charge in [0.25, 0.3) is 5.91 Å². The highest BCUT2D eigenvalue weighted by Gasteiger charge is 2.23. The first-order chi connectivity index (χ1) is 19.9. The Morgan fingerprint density at radius 3 is 2.41 bits per heavy atom. The minimum Gasteiger partial charge on any atom is -0.378 e. The minimum atomic E-state index is -0.101. The molecule has 2 amide bonds. The molecule has 0 saturated carbocycles. The largest absolute Gasteiger partial charge is 0.378 e. The highest BCUT2D eigenvalue weighted by atomic mass is 35.5. The maximum absolute atomic E-state index is 13.3. The fourth-order valence-corrected chi connectivity index (χ4v) is 6.07. The van der Waals surface area contributed by atoms with E-state index >= 15 is 0 Å². The average molecular weight is 601 g/mol. The maximum Gasteiger partial charge on any atom is 0.253 e. The molecular formula is C31H39Cl2N5O3. The van der Waals surface area contributed by atoms with Gasteiger partial charge in [-0.1, -0.05) is 54.4 Å². The molecule has 0 bridgehead atoms. The lowest BCUT2D eigenvalue weighted by Crippen LogP contribution is -2.51. The van der Waals surface area contributed by atoms with Crippen LogP contribution in [0.2, 0.25) is 10.0 Å². The van der Waals surface area contributed by atoms with E-state index in [9.17, 15) is 9.59 Å². The molecule has 0 spiro atoms. The Kier molecular flexibility index (Phi) is 10.2. The van der Waals surface area contributed by atoms with E-state index in [0.29, 0.717) is 55.0 Å². The number of aryl methyl sites for hydroxylation is 2. The molecule has 10 heteroatoms. The number of morpholine rings is 1. The number of amides is 2. The highest BCUT2D eigenvalue weighted by Crippen LogP contribution is 2.27. The number of para-hydroxylation sites is 1. The quantitative estimate of drug-likeness (QED) is 0.376. The molecule has 2 fully saturated rings. The second-order valence-corrected chi connectivity index (χ2v) is 11.6. The molecule has 0 aliphatic carbocycles. The number of aromatic nitrogens is 1. The van der Waals surface area contributed by atoms with E-state index in [4.69, 9.17) is 27.9 Å². The van der Waals surface area contributed by atoms with Gasteiger partial charge in [-0.2, -0.15) is 0 Å². The van der Waals surface area contributed by atoms with Crippen molar-refractivity contribution in [2.75, 3.05) is 65.6 Å². The van der Waals surface area contributed by atoms with Crippen LogP contribution in [0.5, 0.6) is 0 Å². The van der Waals surface area contributed by atoms with Gasteiger partial charge >= 0.3 is 0 Å². The summed E-state index contributed by atoms with van der Waals surface area (Å²) < 4.78 is 7.61. The van der Waals surface area contributed by atoms with E-state index in [2.05, 4.69) is 32.7 Å². The molecule has 1 N–H and O–H groups in total. The molecule has 3 heterocycles. The Morgan fingerprint density at radius 1 is 0.927 bits per heavy atom. The summed E-state index contributed by atoms with van der Waals surface area (Å²) in [4.78, 5) is 32.6. The lowest BCUT2D eigenvalue weighted by Gasteiger charge is -2.36. The number of ether oxygens (including phenoxy) is 1. The number of nitrogens with zero attached hydrogens (tertiary/aromatic N) is 4. The molecule has 0 radical (unpaired) electrons. The van der Waals surface area contributed by atoms with Crippen LogP contribution in [0, 0.1) is 0 Å². The van der Waals surface area contributed by atoms with E-state index in [1.807, 2.05) is 29.3 Å². The van der Waals surface area contributed by atoms with Gasteiger partial charge in [0.15, 0.2) is 0 Å². The zero-order valence-electron chi connectivity index (χ0n) is 23.7. The monoisotopic (exact) mass is 599 g/mol. The van der Waals surface area contributed by atoms with Crippen LogP contribution in [0.15, 0.2) is 42.6 Å². The van der Waals surface area contributed by atoms with Crippen LogP contribution in [-0.4, -0.2) is 96.7 Å². The summed E-state index contributed by atoms with van der Waals surface area (Å²) in [7, 11) is 0. The highest BCUT2D eigenvalue weighted by molar-refractivity contribution is 6.42. The van der Waals surface area contributed by atoms with Crippen LogP contribution < -0.4 is 5.32 Å². The lowest BCUT2D eigenvalue weighted by molar-refractivity contribution is -0.136. The third-order valence-corrected chi connectivity index (χ3v) is 8.84. The average Bonchev–Trinajstić information content (AvgIpc) is 3.38. The number of nitrogens with one attached hydrogen (secondary N) is 1. The molecule has 41 heavy (non-hydrogen) atoms. The molecule has 2 aliphatic heterocycles. The van der Waals surface area contributed by atoms with Crippen molar-refractivity contribution in [2.24, 2.45) is 0 Å². The number of halogens is 2. The fraction of sp³-hybridized carbons (Fsp3) is 0.484. The summed E-state index contributed by atoms with van der Waals surface area (Å²) in [5.41, 5.74) is 3.97. The van der Waals surface area contributed by atoms with Crippen molar-refractivity contribution in [3.8, 4) is 0 Å². The summed E-state index contributed by atoms with van der Waals surface area (Å²) in [6.07, 6.45) is 3.89. The van der Waals surface area contributed by atoms with Crippen molar-refractivity contribution in [3.63, 3.8) is 0 Å². The molecule has 0 atom stereocenters. The molecule has 2 aliphatic rings. The molecule has 3 aromatic rings. The lowest BCUT2D eigenvalue weighted by atomic mass is 10.1. The van der Waals surface area contributed by atoms with Gasteiger partial charge in [-0.05, 0) is 42.6 Å². The molecule has 0 unspecified atom stereocenters. The summed E-state index contributed by atoms with van der Waals surface area (Å²) in [6, 6.07) is 11.6. The van der Waals surface area contributed by atoms with Crippen LogP contribution >= 0.6 is 23.2 Å². The summed E-state index contributed by atoms with van der Waals surface area (Å²) >= 11 is 12.2. The molecule has 5 rings (SSSR count). The molecular weight excluding hydrogens is 561 g/mol. The third kappa shape index (κ3) is 7.43. The topological polar surface area (TPSA) is 70.1 Å². The van der Waals surface area contributed by atoms with Gasteiger partial charge in [-0.3, -0.25) is 14.5 Å². The number of piperazine rings is 1. The number of rotatable bonds is 10. The number of hydrogen-bond donors (Lipinski definition) is 1. The van der Waals surface area contributed by atoms with Gasteiger partial charge in [0.05, 0.1) is 40.9 Å². The van der Waals surface area contributed by atoms with Crippen molar-refractivity contribution in [2.45, 2.75) is 32.9 Å². The van der Waals surface area contributed by atoms with E-state index in [0.717, 1.165) is 68.6 Å². The zero-order chi connectivity index (χ0) is 28.8. The van der Waals surface area contributed by atoms with E-state index < -0.39 is 0 Å². The van der Waals surface area contributed by atoms with Gasteiger partial charge in [0, 0.05) is 63.9 Å². The normalized spacial score (nSPS) is 16.8. The third-order valence-electron chi connectivity index (χ3n) is 8.11. The second kappa shape index (κ2) is 14.0. The Bertz CT molecular complexity index is 1360. The first-order valence-corrected chi connectivity index (χ1v) is 15.3. The van der Waals surface area contributed by atoms with Crippen LogP contribution in [0.1, 0.15) is 34.8 Å². The Balaban J connectivity index is 1.16. The van der Waals surface area contributed by atoms with Crippen LogP contribution in [-0.2, 0) is 29.0 Å². The van der Waals surface area contributed by atoms with Gasteiger partial charge in [0.2, 0.25) is 5.91 Å². The number of carbonyl (C=O) groups excluding carboxylic acids is 2. The molecule has 2 saturated heterocycles. The standard InChI is InChI=1S/C31H39Cl2N5O3/c1-2-24-5-3-6-25-26(31(40)34-20-23-7-8-27(32)28(33)19-23)21-38(30(24)25)10-4-9-35-11-13-36(14-12-35)22-29(39)37-15-17-41-18-16-37/h3,5-8,19,21H,2,4,9-18,20,22H2,1H3,(H,34,40). The predicted molar refractivity (Wildman–Crippen MR) is 164 cm³/mol. The maximum atomic E-state index is 13.3. The van der Waals surface area contributed by atoms with Gasteiger partial charge in [0.1, 0.15) is 0 Å². The summed E-state index contributed by atoms with van der Waals surface area (Å²) in [5, 5.41) is 5.01. The van der Waals surface area contributed by atoms with Crippen LogP contribution in [0.25, 0.3) is 10.9 Å².